The van der Waals surface area contributed by atoms with E-state index in [0.29, 0.717) is 37.3 Å². The minimum Gasteiger partial charge on any atom is -0.379 e. The maximum absolute atomic E-state index is 5.58. The molecule has 0 heterocycles. The Morgan fingerprint density at radius 2 is 1.26 bits per heavy atom. The first kappa shape index (κ1) is 39.2. The molecular formula is C32H68N2O4. The lowest BCUT2D eigenvalue weighted by molar-refractivity contribution is 0.0454. The molecule has 0 radical (unpaired) electrons. The average molecular weight is 545 g/mol. The third kappa shape index (κ3) is 28.1. The molecule has 0 aromatic carbocycles. The van der Waals surface area contributed by atoms with E-state index < -0.39 is 0 Å². The van der Waals surface area contributed by atoms with Gasteiger partial charge in [-0.05, 0) is 43.4 Å². The van der Waals surface area contributed by atoms with E-state index in [-0.39, 0.29) is 2.85 Å². The van der Waals surface area contributed by atoms with E-state index in [2.05, 4.69) is 91.0 Å². The molecule has 6 nitrogen and oxygen atoms in total. The van der Waals surface area contributed by atoms with Gasteiger partial charge < -0.3 is 29.6 Å². The van der Waals surface area contributed by atoms with Crippen molar-refractivity contribution in [2.45, 2.75) is 99.1 Å². The lowest BCUT2D eigenvalue weighted by Crippen LogP contribution is -2.38. The van der Waals surface area contributed by atoms with E-state index in [1.807, 2.05) is 0 Å². The normalized spacial score (nSPS) is 13.6. The van der Waals surface area contributed by atoms with Gasteiger partial charge in [0.25, 0.3) is 0 Å². The summed E-state index contributed by atoms with van der Waals surface area (Å²) < 4.78 is 21.8. The summed E-state index contributed by atoms with van der Waals surface area (Å²) in [5.41, 5.74) is 0.427. The number of rotatable bonds is 21. The third-order valence-electron chi connectivity index (χ3n) is 6.04. The highest BCUT2D eigenvalue weighted by molar-refractivity contribution is 5.03. The molecule has 6 heteroatoms. The standard InChI is InChI=1S/C16H33NO2.C14H27NO2.C2H4.2H2/c1-14(2)6-5-10-18-12-13-19-11-9-17-16(7-8-16)15(3)4;1-13(2)7-5-6-9-16-11-12-17-10-8-15-14(3)4;1-2;;/h14-15,17H,5-13H2,1-4H3;13-15H,7-12H2,1-4H3;1-2H2;2*1H. The molecule has 1 saturated carbocycles. The third-order valence-corrected chi connectivity index (χ3v) is 6.04. The van der Waals surface area contributed by atoms with Crippen LogP contribution in [0.25, 0.3) is 0 Å². The van der Waals surface area contributed by atoms with E-state index >= 15 is 0 Å². The van der Waals surface area contributed by atoms with Gasteiger partial charge in [-0.2, -0.15) is 0 Å². The fraction of sp³-hybridized carbons (Fsp3) is 0.875. The number of ether oxygens (including phenoxy) is 4. The summed E-state index contributed by atoms with van der Waals surface area (Å²) in [6.07, 6.45) is 6.01. The molecule has 0 bridgehead atoms. The summed E-state index contributed by atoms with van der Waals surface area (Å²) in [6.45, 7) is 31.2. The second kappa shape index (κ2) is 27.6. The van der Waals surface area contributed by atoms with Crippen molar-refractivity contribution in [2.24, 2.45) is 17.8 Å². The Bertz CT molecular complexity index is 563. The molecule has 38 heavy (non-hydrogen) atoms. The summed E-state index contributed by atoms with van der Waals surface area (Å²) >= 11 is 0. The van der Waals surface area contributed by atoms with Gasteiger partial charge in [0, 0.05) is 40.6 Å². The highest BCUT2D eigenvalue weighted by Gasteiger charge is 2.44. The molecule has 1 fully saturated rings. The lowest BCUT2D eigenvalue weighted by Gasteiger charge is -2.21. The van der Waals surface area contributed by atoms with Crippen molar-refractivity contribution in [1.82, 2.24) is 10.6 Å². The summed E-state index contributed by atoms with van der Waals surface area (Å²) in [6, 6.07) is 0.520. The van der Waals surface area contributed by atoms with Crippen LogP contribution >= 0.6 is 0 Å². The lowest BCUT2D eigenvalue weighted by atomic mass is 10.0. The minimum atomic E-state index is 0. The van der Waals surface area contributed by atoms with Gasteiger partial charge in [0.05, 0.1) is 39.6 Å². The van der Waals surface area contributed by atoms with Crippen LogP contribution in [-0.2, 0) is 18.9 Å². The van der Waals surface area contributed by atoms with Crippen molar-refractivity contribution in [3.05, 3.63) is 13.2 Å². The summed E-state index contributed by atoms with van der Waals surface area (Å²) in [7, 11) is 0. The maximum Gasteiger partial charge on any atom is 0.107 e. The number of hydrogen-bond acceptors (Lipinski definition) is 6. The van der Waals surface area contributed by atoms with Crippen LogP contribution < -0.4 is 10.6 Å². The van der Waals surface area contributed by atoms with Crippen molar-refractivity contribution in [2.75, 3.05) is 65.9 Å². The molecule has 1 aliphatic rings. The Labute approximate surface area is 240 Å². The van der Waals surface area contributed by atoms with E-state index in [1.54, 1.807) is 0 Å². The number of nitrogens with one attached hydrogen (secondary N) is 2. The van der Waals surface area contributed by atoms with Crippen LogP contribution in [0.1, 0.15) is 90.3 Å². The van der Waals surface area contributed by atoms with Gasteiger partial charge in [-0.15, -0.1) is 19.1 Å². The van der Waals surface area contributed by atoms with Crippen molar-refractivity contribution in [3.8, 4) is 11.8 Å². The zero-order chi connectivity index (χ0) is 29.1. The molecule has 1 rings (SSSR count). The average Bonchev–Trinajstić information content (AvgIpc) is 3.66. The molecule has 0 spiro atoms. The molecule has 0 amide bonds. The van der Waals surface area contributed by atoms with Gasteiger partial charge in [0.1, 0.15) is 6.61 Å². The molecule has 2 N–H and O–H groups in total. The van der Waals surface area contributed by atoms with Crippen LogP contribution in [0.3, 0.4) is 0 Å². The smallest absolute Gasteiger partial charge is 0.107 e. The second-order valence-electron chi connectivity index (χ2n) is 11.2. The van der Waals surface area contributed by atoms with Gasteiger partial charge >= 0.3 is 0 Å². The minimum absolute atomic E-state index is 0. The van der Waals surface area contributed by atoms with Crippen LogP contribution in [0.15, 0.2) is 13.2 Å². The first-order valence-electron chi connectivity index (χ1n) is 14.9. The van der Waals surface area contributed by atoms with Gasteiger partial charge in [-0.1, -0.05) is 61.3 Å². The molecule has 0 aliphatic heterocycles. The summed E-state index contributed by atoms with van der Waals surface area (Å²) in [5.74, 6) is 8.23. The van der Waals surface area contributed by atoms with Crippen molar-refractivity contribution in [3.63, 3.8) is 0 Å². The molecule has 0 aromatic rings. The molecule has 0 saturated heterocycles. The first-order valence-corrected chi connectivity index (χ1v) is 14.9. The first-order chi connectivity index (χ1) is 18.2. The Kier molecular flexibility index (Phi) is 28.5. The molecule has 1 aliphatic carbocycles. The SMILES string of the molecule is C=C.CC(C)CC#CCOCCOCCNC(C)C.CC(C)CCCOCCOCCNC1(C(C)C)CC1.[HH].[HH]. The monoisotopic (exact) mass is 545 g/mol. The van der Waals surface area contributed by atoms with Gasteiger partial charge in [-0.3, -0.25) is 0 Å². The topological polar surface area (TPSA) is 61.0 Å². The van der Waals surface area contributed by atoms with Crippen molar-refractivity contribution >= 4 is 0 Å². The highest BCUT2D eigenvalue weighted by Crippen LogP contribution is 2.41. The molecular weight excluding hydrogens is 476 g/mol. The van der Waals surface area contributed by atoms with Gasteiger partial charge in [-0.25, -0.2) is 0 Å². The van der Waals surface area contributed by atoms with Crippen LogP contribution in [0.4, 0.5) is 0 Å². The fourth-order valence-electron chi connectivity index (χ4n) is 3.47. The molecule has 0 aromatic heterocycles. The molecule has 0 atom stereocenters. The van der Waals surface area contributed by atoms with E-state index in [0.717, 1.165) is 70.8 Å². The molecule has 230 valence electrons. The van der Waals surface area contributed by atoms with Gasteiger partial charge in [0.15, 0.2) is 0 Å². The Hall–Kier alpha value is -0.940. The second-order valence-corrected chi connectivity index (χ2v) is 11.2. The largest absolute Gasteiger partial charge is 0.379 e. The zero-order valence-electron chi connectivity index (χ0n) is 26.5. The summed E-state index contributed by atoms with van der Waals surface area (Å²) in [4.78, 5) is 0. The van der Waals surface area contributed by atoms with E-state index in [1.165, 1.54) is 19.3 Å². The number of hydrogen-bond donors (Lipinski definition) is 2. The Balaban J connectivity index is -0.000000293. The highest BCUT2D eigenvalue weighted by atomic mass is 16.5. The fourth-order valence-corrected chi connectivity index (χ4v) is 3.47. The molecule has 0 unspecified atom stereocenters. The van der Waals surface area contributed by atoms with Crippen LogP contribution in [0, 0.1) is 29.6 Å². The predicted octanol–water partition coefficient (Wildman–Crippen LogP) is 6.60. The Morgan fingerprint density at radius 3 is 1.76 bits per heavy atom. The van der Waals surface area contributed by atoms with Crippen molar-refractivity contribution < 1.29 is 21.8 Å². The maximum atomic E-state index is 5.58. The zero-order valence-corrected chi connectivity index (χ0v) is 26.5. The van der Waals surface area contributed by atoms with Crippen LogP contribution in [0.2, 0.25) is 0 Å². The van der Waals surface area contributed by atoms with Crippen LogP contribution in [0.5, 0.6) is 0 Å². The van der Waals surface area contributed by atoms with E-state index in [9.17, 15) is 0 Å². The Morgan fingerprint density at radius 1 is 0.711 bits per heavy atom. The predicted molar refractivity (Wildman–Crippen MR) is 168 cm³/mol. The van der Waals surface area contributed by atoms with Gasteiger partial charge in [0.2, 0.25) is 0 Å². The van der Waals surface area contributed by atoms with Crippen LogP contribution in [-0.4, -0.2) is 77.5 Å². The summed E-state index contributed by atoms with van der Waals surface area (Å²) in [5, 5.41) is 6.91. The quantitative estimate of drug-likeness (QED) is 0.0965. The van der Waals surface area contributed by atoms with E-state index in [4.69, 9.17) is 18.9 Å². The van der Waals surface area contributed by atoms with Crippen molar-refractivity contribution in [1.29, 1.82) is 0 Å².